The Labute approximate surface area is 181 Å². The molecule has 0 saturated carbocycles. The topological polar surface area (TPSA) is 114 Å². The summed E-state index contributed by atoms with van der Waals surface area (Å²) in [6.07, 6.45) is 5.70. The first-order valence-corrected chi connectivity index (χ1v) is 11.7. The van der Waals surface area contributed by atoms with Crippen LogP contribution in [0.5, 0.6) is 0 Å². The Bertz CT molecular complexity index is 1190. The van der Waals surface area contributed by atoms with Crippen molar-refractivity contribution in [2.45, 2.75) is 19.9 Å². The Balaban J connectivity index is 1.53. The predicted octanol–water partition coefficient (Wildman–Crippen LogP) is 2.35. The van der Waals surface area contributed by atoms with Crippen LogP contribution in [0.1, 0.15) is 24.6 Å². The van der Waals surface area contributed by atoms with Gasteiger partial charge in [-0.15, -0.1) is 10.2 Å². The summed E-state index contributed by atoms with van der Waals surface area (Å²) >= 11 is 0. The highest BCUT2D eigenvalue weighted by atomic mass is 32.2. The van der Waals surface area contributed by atoms with Gasteiger partial charge in [0.15, 0.2) is 0 Å². The van der Waals surface area contributed by atoms with Crippen molar-refractivity contribution in [1.82, 2.24) is 29.8 Å². The zero-order valence-corrected chi connectivity index (χ0v) is 18.3. The van der Waals surface area contributed by atoms with Crippen molar-refractivity contribution >= 4 is 15.6 Å². The summed E-state index contributed by atoms with van der Waals surface area (Å²) in [5.41, 5.74) is 4.11. The van der Waals surface area contributed by atoms with Crippen LogP contribution >= 0.6 is 0 Å². The second-order valence-corrected chi connectivity index (χ2v) is 9.42. The molecule has 3 heterocycles. The molecule has 0 fully saturated rings. The van der Waals surface area contributed by atoms with Crippen LogP contribution in [0, 0.1) is 0 Å². The molecule has 0 radical (unpaired) electrons. The molecule has 1 aliphatic heterocycles. The smallest absolute Gasteiger partial charge is 0.268 e. The quantitative estimate of drug-likeness (QED) is 0.595. The average molecular weight is 441 g/mol. The van der Waals surface area contributed by atoms with Crippen molar-refractivity contribution in [3.63, 3.8) is 0 Å². The lowest BCUT2D eigenvalue weighted by atomic mass is 10.1. The summed E-state index contributed by atoms with van der Waals surface area (Å²) in [6.45, 7) is 3.21. The fraction of sp³-hybridized carbons (Fsp3) is 0.333. The number of benzene rings is 1. The SMILES string of the molecule is CCS(=O)(=O)N1CC=C(c2cncc(-c3nnc(-c4ccc(CNC)cc4)o3)n2)CC1. The van der Waals surface area contributed by atoms with Crippen molar-refractivity contribution in [1.29, 1.82) is 0 Å². The lowest BCUT2D eigenvalue weighted by Crippen LogP contribution is -2.35. The van der Waals surface area contributed by atoms with E-state index in [2.05, 4.69) is 25.5 Å². The molecule has 1 N–H and O–H groups in total. The van der Waals surface area contributed by atoms with Crippen LogP contribution in [0.2, 0.25) is 0 Å². The standard InChI is InChI=1S/C21H24N6O3S/c1-3-31(28,29)27-10-8-16(9-11-27)18-13-23-14-19(24-18)21-26-25-20(30-21)17-6-4-15(5-7-17)12-22-2/h4-8,13-14,22H,3,9-12H2,1-2H3. The van der Waals surface area contributed by atoms with Gasteiger partial charge in [0.2, 0.25) is 15.9 Å². The zero-order chi connectivity index (χ0) is 21.8. The first-order chi connectivity index (χ1) is 15.0. The van der Waals surface area contributed by atoms with Crippen LogP contribution in [0.25, 0.3) is 28.6 Å². The third-order valence-corrected chi connectivity index (χ3v) is 6.97. The van der Waals surface area contributed by atoms with Crippen LogP contribution in [-0.2, 0) is 16.6 Å². The molecule has 162 valence electrons. The molecule has 9 nitrogen and oxygen atoms in total. The summed E-state index contributed by atoms with van der Waals surface area (Å²) in [5.74, 6) is 0.800. The molecule has 10 heteroatoms. The Morgan fingerprint density at radius 3 is 2.52 bits per heavy atom. The molecule has 0 unspecified atom stereocenters. The number of nitrogens with zero attached hydrogens (tertiary/aromatic N) is 5. The second-order valence-electron chi connectivity index (χ2n) is 7.17. The van der Waals surface area contributed by atoms with Gasteiger partial charge in [-0.25, -0.2) is 13.4 Å². The molecule has 0 amide bonds. The van der Waals surface area contributed by atoms with Gasteiger partial charge < -0.3 is 9.73 Å². The summed E-state index contributed by atoms with van der Waals surface area (Å²) < 4.78 is 31.4. The molecule has 2 aromatic heterocycles. The largest absolute Gasteiger partial charge is 0.415 e. The first-order valence-electron chi connectivity index (χ1n) is 10.1. The second kappa shape index (κ2) is 9.04. The zero-order valence-electron chi connectivity index (χ0n) is 17.4. The maximum Gasteiger partial charge on any atom is 0.268 e. The lowest BCUT2D eigenvalue weighted by Gasteiger charge is -2.25. The molecule has 4 rings (SSSR count). The number of hydrogen-bond acceptors (Lipinski definition) is 8. The van der Waals surface area contributed by atoms with Crippen LogP contribution < -0.4 is 5.32 Å². The Kier molecular flexibility index (Phi) is 6.21. The normalized spacial score (nSPS) is 15.1. The van der Waals surface area contributed by atoms with E-state index in [9.17, 15) is 8.42 Å². The minimum absolute atomic E-state index is 0.100. The molecule has 3 aromatic rings. The highest BCUT2D eigenvalue weighted by Crippen LogP contribution is 2.26. The molecule has 0 atom stereocenters. The monoisotopic (exact) mass is 440 g/mol. The number of nitrogens with one attached hydrogen (secondary N) is 1. The molecular formula is C21H24N6O3S. The molecule has 1 aromatic carbocycles. The highest BCUT2D eigenvalue weighted by Gasteiger charge is 2.23. The van der Waals surface area contributed by atoms with Gasteiger partial charge in [-0.3, -0.25) is 4.98 Å². The molecular weight excluding hydrogens is 416 g/mol. The van der Waals surface area contributed by atoms with Crippen LogP contribution in [0.3, 0.4) is 0 Å². The minimum Gasteiger partial charge on any atom is -0.415 e. The van der Waals surface area contributed by atoms with Crippen molar-refractivity contribution in [3.05, 3.63) is 54.0 Å². The fourth-order valence-corrected chi connectivity index (χ4v) is 4.39. The molecule has 0 saturated heterocycles. The third kappa shape index (κ3) is 4.71. The Morgan fingerprint density at radius 2 is 1.84 bits per heavy atom. The fourth-order valence-electron chi connectivity index (χ4n) is 3.35. The van der Waals surface area contributed by atoms with Crippen molar-refractivity contribution in [2.24, 2.45) is 0 Å². The van der Waals surface area contributed by atoms with Gasteiger partial charge in [0, 0.05) is 25.2 Å². The van der Waals surface area contributed by atoms with E-state index in [1.807, 2.05) is 37.4 Å². The van der Waals surface area contributed by atoms with E-state index < -0.39 is 10.0 Å². The van der Waals surface area contributed by atoms with Gasteiger partial charge in [-0.2, -0.15) is 4.31 Å². The van der Waals surface area contributed by atoms with Crippen molar-refractivity contribution in [2.75, 3.05) is 25.9 Å². The molecule has 0 aliphatic carbocycles. The summed E-state index contributed by atoms with van der Waals surface area (Å²) in [4.78, 5) is 8.88. The van der Waals surface area contributed by atoms with Crippen LogP contribution in [-0.4, -0.2) is 58.8 Å². The van der Waals surface area contributed by atoms with E-state index >= 15 is 0 Å². The van der Waals surface area contributed by atoms with Gasteiger partial charge in [0.25, 0.3) is 5.89 Å². The lowest BCUT2D eigenvalue weighted by molar-refractivity contribution is 0.442. The number of aromatic nitrogens is 4. The van der Waals surface area contributed by atoms with Crippen LogP contribution in [0.4, 0.5) is 0 Å². The molecule has 31 heavy (non-hydrogen) atoms. The Morgan fingerprint density at radius 1 is 1.10 bits per heavy atom. The maximum absolute atomic E-state index is 12.0. The maximum atomic E-state index is 12.0. The van der Waals surface area contributed by atoms with Gasteiger partial charge in [-0.1, -0.05) is 18.2 Å². The van der Waals surface area contributed by atoms with Gasteiger partial charge in [0.1, 0.15) is 5.69 Å². The van der Waals surface area contributed by atoms with E-state index in [4.69, 9.17) is 4.42 Å². The summed E-state index contributed by atoms with van der Waals surface area (Å²) in [5, 5.41) is 11.4. The van der Waals surface area contributed by atoms with E-state index in [0.29, 0.717) is 36.8 Å². The first kappa shape index (κ1) is 21.3. The number of hydrogen-bond donors (Lipinski definition) is 1. The van der Waals surface area contributed by atoms with Crippen molar-refractivity contribution in [3.8, 4) is 23.0 Å². The average Bonchev–Trinajstić information content (AvgIpc) is 3.30. The van der Waals surface area contributed by atoms with Gasteiger partial charge in [0.05, 0.1) is 23.8 Å². The highest BCUT2D eigenvalue weighted by molar-refractivity contribution is 7.89. The van der Waals surface area contributed by atoms with Gasteiger partial charge >= 0.3 is 0 Å². The van der Waals surface area contributed by atoms with Gasteiger partial charge in [-0.05, 0) is 43.7 Å². The van der Waals surface area contributed by atoms with E-state index in [0.717, 1.165) is 23.2 Å². The number of sulfonamides is 1. The molecule has 0 bridgehead atoms. The van der Waals surface area contributed by atoms with Crippen LogP contribution in [0.15, 0.2) is 47.2 Å². The minimum atomic E-state index is -3.19. The summed E-state index contributed by atoms with van der Waals surface area (Å²) in [7, 11) is -1.29. The van der Waals surface area contributed by atoms with Crippen molar-refractivity contribution < 1.29 is 12.8 Å². The summed E-state index contributed by atoms with van der Waals surface area (Å²) in [6, 6.07) is 7.89. The molecule has 1 aliphatic rings. The number of rotatable bonds is 7. The van der Waals surface area contributed by atoms with E-state index in [1.165, 1.54) is 4.31 Å². The third-order valence-electron chi connectivity index (χ3n) is 5.12. The molecule has 0 spiro atoms. The van der Waals surface area contributed by atoms with E-state index in [-0.39, 0.29) is 11.6 Å². The predicted molar refractivity (Wildman–Crippen MR) is 117 cm³/mol. The Hall–Kier alpha value is -2.95. The van der Waals surface area contributed by atoms with E-state index in [1.54, 1.807) is 19.3 Å².